The fourth-order valence-corrected chi connectivity index (χ4v) is 7.31. The molecule has 0 N–H and O–H groups in total. The molecule has 0 fully saturated rings. The molecular weight excluding hydrogens is 546 g/mol. The molecule has 0 saturated heterocycles. The molecule has 10 rings (SSSR count). The number of benzene rings is 8. The summed E-state index contributed by atoms with van der Waals surface area (Å²) in [5.74, 6) is 0.675. The molecule has 0 unspecified atom stereocenters. The lowest BCUT2D eigenvalue weighted by atomic mass is 9.92. The third kappa shape index (κ3) is 3.52. The highest BCUT2D eigenvalue weighted by atomic mass is 15.2. The molecule has 0 amide bonds. The first-order chi connectivity index (χ1) is 22.3. The van der Waals surface area contributed by atoms with Gasteiger partial charge in [-0.2, -0.15) is 0 Å². The lowest BCUT2D eigenvalue weighted by Crippen LogP contribution is -2.03. The van der Waals surface area contributed by atoms with E-state index in [1.54, 1.807) is 0 Å². The van der Waals surface area contributed by atoms with Crippen molar-refractivity contribution in [3.8, 4) is 17.2 Å². The Kier molecular flexibility index (Phi) is 5.00. The van der Waals surface area contributed by atoms with Crippen molar-refractivity contribution < 1.29 is 0 Å². The number of rotatable bonds is 2. The summed E-state index contributed by atoms with van der Waals surface area (Å²) in [6.07, 6.45) is 0. The van der Waals surface area contributed by atoms with Crippen molar-refractivity contribution in [2.45, 2.75) is 0 Å². The lowest BCUT2D eigenvalue weighted by molar-refractivity contribution is 1.01. The van der Waals surface area contributed by atoms with Crippen LogP contribution in [0.25, 0.3) is 93.0 Å². The first kappa shape index (κ1) is 24.4. The van der Waals surface area contributed by atoms with Crippen LogP contribution in [0.5, 0.6) is 0 Å². The van der Waals surface area contributed by atoms with Gasteiger partial charge in [-0.25, -0.2) is 9.97 Å². The zero-order chi connectivity index (χ0) is 29.5. The number of hydrogen-bond donors (Lipinski definition) is 0. The Labute approximate surface area is 258 Å². The lowest BCUT2D eigenvalue weighted by Gasteiger charge is -2.14. The normalized spacial score (nSPS) is 12.0. The van der Waals surface area contributed by atoms with Crippen molar-refractivity contribution in [2.75, 3.05) is 0 Å². The van der Waals surface area contributed by atoms with Gasteiger partial charge in [0, 0.05) is 21.7 Å². The summed E-state index contributed by atoms with van der Waals surface area (Å²) in [6.45, 7) is 0. The number of para-hydroxylation sites is 2. The Hall–Kier alpha value is -6.06. The van der Waals surface area contributed by atoms with Crippen molar-refractivity contribution in [2.24, 2.45) is 0 Å². The molecule has 3 nitrogen and oxygen atoms in total. The molecule has 45 heavy (non-hydrogen) atoms. The van der Waals surface area contributed by atoms with Gasteiger partial charge in [-0.3, -0.25) is 4.57 Å². The van der Waals surface area contributed by atoms with Gasteiger partial charge in [0.1, 0.15) is 0 Å². The van der Waals surface area contributed by atoms with Crippen LogP contribution >= 0.6 is 0 Å². The Bertz CT molecular complexity index is 2790. The molecule has 8 aromatic carbocycles. The zero-order valence-electron chi connectivity index (χ0n) is 24.3. The van der Waals surface area contributed by atoms with Gasteiger partial charge in [-0.05, 0) is 73.4 Å². The summed E-state index contributed by atoms with van der Waals surface area (Å²) in [5, 5.41) is 13.4. The van der Waals surface area contributed by atoms with Gasteiger partial charge in [0.25, 0.3) is 0 Å². The summed E-state index contributed by atoms with van der Waals surface area (Å²) in [7, 11) is 0. The standard InChI is InChI=1S/C42H25N3/c1-2-12-27-25-40-37(23-26(27)11-1)34-17-8-10-20-39(34)45(40)42-43-38-19-9-7-18-35(38)41(44-42)28-21-22-33-31-15-4-3-13-29(31)30-14-5-6-16-32(30)36(33)24-28/h1-25H. The smallest absolute Gasteiger partial charge is 0.235 e. The molecular formula is C42H25N3. The molecule has 0 aliphatic heterocycles. The minimum atomic E-state index is 0.675. The van der Waals surface area contributed by atoms with Crippen LogP contribution in [0, 0.1) is 0 Å². The fourth-order valence-electron chi connectivity index (χ4n) is 7.31. The number of fused-ring (bicyclic) bond motifs is 11. The maximum Gasteiger partial charge on any atom is 0.235 e. The molecule has 0 bridgehead atoms. The van der Waals surface area contributed by atoms with E-state index in [0.29, 0.717) is 5.95 Å². The van der Waals surface area contributed by atoms with E-state index >= 15 is 0 Å². The summed E-state index contributed by atoms with van der Waals surface area (Å²) in [6, 6.07) is 54.3. The van der Waals surface area contributed by atoms with Crippen molar-refractivity contribution in [1.29, 1.82) is 0 Å². The minimum Gasteiger partial charge on any atom is -0.278 e. The first-order valence-corrected chi connectivity index (χ1v) is 15.3. The summed E-state index contributed by atoms with van der Waals surface area (Å²) in [4.78, 5) is 10.6. The first-order valence-electron chi connectivity index (χ1n) is 15.3. The Balaban J connectivity index is 1.30. The van der Waals surface area contributed by atoms with E-state index in [-0.39, 0.29) is 0 Å². The van der Waals surface area contributed by atoms with Crippen molar-refractivity contribution in [3.63, 3.8) is 0 Å². The fraction of sp³-hybridized carbons (Fsp3) is 0. The van der Waals surface area contributed by atoms with Crippen LogP contribution in [-0.2, 0) is 0 Å². The Morgan fingerprint density at radius 1 is 0.356 bits per heavy atom. The van der Waals surface area contributed by atoms with Crippen LogP contribution in [-0.4, -0.2) is 14.5 Å². The molecule has 0 aliphatic rings. The van der Waals surface area contributed by atoms with Crippen molar-refractivity contribution >= 4 is 75.8 Å². The molecule has 10 aromatic rings. The van der Waals surface area contributed by atoms with Crippen LogP contribution in [0.2, 0.25) is 0 Å². The van der Waals surface area contributed by atoms with Gasteiger partial charge in [-0.15, -0.1) is 0 Å². The SMILES string of the molecule is c1ccc2cc3c(cc2c1)c1ccccc1n3-c1nc(-c2ccc3c4ccccc4c4ccccc4c3c2)c2ccccc2n1. The molecule has 2 heterocycles. The van der Waals surface area contributed by atoms with Gasteiger partial charge in [-0.1, -0.05) is 121 Å². The number of aromatic nitrogens is 3. The average Bonchev–Trinajstić information content (AvgIpc) is 3.43. The molecule has 0 spiro atoms. The van der Waals surface area contributed by atoms with Crippen LogP contribution in [0.4, 0.5) is 0 Å². The summed E-state index contributed by atoms with van der Waals surface area (Å²) in [5.41, 5.74) is 5.13. The van der Waals surface area contributed by atoms with Crippen molar-refractivity contribution in [1.82, 2.24) is 14.5 Å². The van der Waals surface area contributed by atoms with E-state index in [9.17, 15) is 0 Å². The molecule has 3 heteroatoms. The van der Waals surface area contributed by atoms with E-state index in [1.807, 2.05) is 0 Å². The van der Waals surface area contributed by atoms with E-state index in [0.717, 1.165) is 33.2 Å². The third-order valence-corrected chi connectivity index (χ3v) is 9.35. The Morgan fingerprint density at radius 2 is 0.911 bits per heavy atom. The summed E-state index contributed by atoms with van der Waals surface area (Å²) >= 11 is 0. The summed E-state index contributed by atoms with van der Waals surface area (Å²) < 4.78 is 2.23. The second kappa shape index (κ2) is 9.22. The maximum atomic E-state index is 5.39. The number of hydrogen-bond acceptors (Lipinski definition) is 2. The van der Waals surface area contributed by atoms with E-state index < -0.39 is 0 Å². The van der Waals surface area contributed by atoms with Gasteiger partial charge in [0.05, 0.1) is 22.2 Å². The van der Waals surface area contributed by atoms with E-state index in [2.05, 4.69) is 156 Å². The second-order valence-electron chi connectivity index (χ2n) is 11.8. The van der Waals surface area contributed by atoms with Gasteiger partial charge < -0.3 is 0 Å². The highest BCUT2D eigenvalue weighted by Crippen LogP contribution is 2.39. The zero-order valence-corrected chi connectivity index (χ0v) is 24.3. The van der Waals surface area contributed by atoms with Crippen LogP contribution in [0.1, 0.15) is 0 Å². The predicted molar refractivity (Wildman–Crippen MR) is 189 cm³/mol. The van der Waals surface area contributed by atoms with Gasteiger partial charge in [0.2, 0.25) is 5.95 Å². The maximum absolute atomic E-state index is 5.39. The molecule has 0 atom stereocenters. The van der Waals surface area contributed by atoms with Crippen LogP contribution < -0.4 is 0 Å². The molecule has 0 radical (unpaired) electrons. The average molecular weight is 572 g/mol. The Morgan fingerprint density at radius 3 is 1.64 bits per heavy atom. The van der Waals surface area contributed by atoms with Gasteiger partial charge >= 0.3 is 0 Å². The van der Waals surface area contributed by atoms with Crippen molar-refractivity contribution in [3.05, 3.63) is 152 Å². The topological polar surface area (TPSA) is 30.7 Å². The largest absolute Gasteiger partial charge is 0.278 e. The highest BCUT2D eigenvalue weighted by molar-refractivity contribution is 6.26. The van der Waals surface area contributed by atoms with E-state index in [4.69, 9.17) is 9.97 Å². The highest BCUT2D eigenvalue weighted by Gasteiger charge is 2.18. The molecule has 2 aromatic heterocycles. The van der Waals surface area contributed by atoms with Gasteiger partial charge in [0.15, 0.2) is 0 Å². The molecule has 0 saturated carbocycles. The predicted octanol–water partition coefficient (Wildman–Crippen LogP) is 11.0. The monoisotopic (exact) mass is 571 g/mol. The van der Waals surface area contributed by atoms with Crippen LogP contribution in [0.15, 0.2) is 152 Å². The molecule has 0 aliphatic carbocycles. The van der Waals surface area contributed by atoms with Crippen LogP contribution in [0.3, 0.4) is 0 Å². The third-order valence-electron chi connectivity index (χ3n) is 9.35. The minimum absolute atomic E-state index is 0.675. The molecule has 208 valence electrons. The van der Waals surface area contributed by atoms with E-state index in [1.165, 1.54) is 53.9 Å². The quantitative estimate of drug-likeness (QED) is 0.193. The second-order valence-corrected chi connectivity index (χ2v) is 11.8. The number of nitrogens with zero attached hydrogens (tertiary/aromatic N) is 3.